The van der Waals surface area contributed by atoms with Gasteiger partial charge in [0.1, 0.15) is 22.3 Å². The van der Waals surface area contributed by atoms with Gasteiger partial charge < -0.3 is 5.32 Å². The molecule has 28 heavy (non-hydrogen) atoms. The highest BCUT2D eigenvalue weighted by molar-refractivity contribution is 7.13. The summed E-state index contributed by atoms with van der Waals surface area (Å²) < 4.78 is 1.89. The molecular weight excluding hydrogens is 394 g/mol. The number of carbonyl (C=O) groups excluding carboxylic acids is 1. The Kier molecular flexibility index (Phi) is 5.18. The van der Waals surface area contributed by atoms with Gasteiger partial charge in [0.15, 0.2) is 0 Å². The number of hydrogen-bond acceptors (Lipinski definition) is 5. The Morgan fingerprint density at radius 1 is 1.18 bits per heavy atom. The van der Waals surface area contributed by atoms with E-state index in [9.17, 15) is 4.79 Å². The first-order chi connectivity index (χ1) is 13.6. The van der Waals surface area contributed by atoms with Gasteiger partial charge in [-0.25, -0.2) is 15.0 Å². The van der Waals surface area contributed by atoms with Gasteiger partial charge in [-0.15, -0.1) is 11.3 Å². The zero-order chi connectivity index (χ0) is 19.5. The van der Waals surface area contributed by atoms with Gasteiger partial charge in [-0.05, 0) is 36.8 Å². The summed E-state index contributed by atoms with van der Waals surface area (Å²) in [5, 5.41) is 6.11. The van der Waals surface area contributed by atoms with E-state index in [0.29, 0.717) is 17.3 Å². The van der Waals surface area contributed by atoms with Gasteiger partial charge >= 0.3 is 0 Å². The van der Waals surface area contributed by atoms with E-state index in [1.807, 2.05) is 42.0 Å². The van der Waals surface area contributed by atoms with E-state index in [4.69, 9.17) is 11.6 Å². The van der Waals surface area contributed by atoms with Crippen LogP contribution in [0.4, 0.5) is 0 Å². The zero-order valence-corrected chi connectivity index (χ0v) is 16.5. The average Bonchev–Trinajstić information content (AvgIpc) is 3.36. The smallest absolute Gasteiger partial charge is 0.271 e. The molecule has 0 aliphatic carbocycles. The number of thiazole rings is 1. The normalized spacial score (nSPS) is 10.8. The second-order valence-corrected chi connectivity index (χ2v) is 7.39. The quantitative estimate of drug-likeness (QED) is 0.534. The molecule has 8 heteroatoms. The maximum Gasteiger partial charge on any atom is 0.271 e. The second kappa shape index (κ2) is 7.92. The third kappa shape index (κ3) is 3.95. The number of nitrogens with one attached hydrogen (secondary N) is 1. The molecule has 0 aliphatic rings. The van der Waals surface area contributed by atoms with Crippen LogP contribution in [0.25, 0.3) is 16.4 Å². The van der Waals surface area contributed by atoms with E-state index in [0.717, 1.165) is 27.8 Å². The fraction of sp³-hybridized carbons (Fsp3) is 0.100. The Balaban J connectivity index is 1.44. The largest absolute Gasteiger partial charge is 0.347 e. The van der Waals surface area contributed by atoms with Crippen molar-refractivity contribution in [2.45, 2.75) is 13.5 Å². The number of carbonyl (C=O) groups is 1. The summed E-state index contributed by atoms with van der Waals surface area (Å²) in [4.78, 5) is 25.5. The average molecular weight is 410 g/mol. The van der Waals surface area contributed by atoms with Crippen molar-refractivity contribution < 1.29 is 4.79 Å². The van der Waals surface area contributed by atoms with Crippen LogP contribution >= 0.6 is 22.9 Å². The molecule has 0 bridgehead atoms. The highest BCUT2D eigenvalue weighted by Crippen LogP contribution is 2.25. The van der Waals surface area contributed by atoms with E-state index in [1.54, 1.807) is 29.9 Å². The molecule has 140 valence electrons. The maximum absolute atomic E-state index is 12.5. The van der Waals surface area contributed by atoms with Crippen LogP contribution in [0.5, 0.6) is 0 Å². The molecule has 0 saturated carbocycles. The van der Waals surface area contributed by atoms with Gasteiger partial charge in [0, 0.05) is 41.1 Å². The van der Waals surface area contributed by atoms with Crippen LogP contribution in [-0.2, 0) is 6.54 Å². The maximum atomic E-state index is 12.5. The number of benzene rings is 1. The SMILES string of the molecule is Cc1nccn1-c1cc(CNC(=O)c2csc(-c3ccc(Cl)cc3)n2)ccn1. The van der Waals surface area contributed by atoms with Gasteiger partial charge in [0.25, 0.3) is 5.91 Å². The lowest BCUT2D eigenvalue weighted by molar-refractivity contribution is 0.0946. The molecule has 6 nitrogen and oxygen atoms in total. The first-order valence-electron chi connectivity index (χ1n) is 8.55. The van der Waals surface area contributed by atoms with Crippen LogP contribution in [0.3, 0.4) is 0 Å². The van der Waals surface area contributed by atoms with E-state index in [-0.39, 0.29) is 5.91 Å². The third-order valence-corrected chi connectivity index (χ3v) is 5.31. The Morgan fingerprint density at radius 2 is 2.00 bits per heavy atom. The van der Waals surface area contributed by atoms with Crippen molar-refractivity contribution in [3.8, 4) is 16.4 Å². The minimum atomic E-state index is -0.214. The van der Waals surface area contributed by atoms with Gasteiger partial charge in [-0.1, -0.05) is 23.7 Å². The lowest BCUT2D eigenvalue weighted by Crippen LogP contribution is -2.23. The van der Waals surface area contributed by atoms with Crippen LogP contribution in [0.2, 0.25) is 5.02 Å². The van der Waals surface area contributed by atoms with E-state index in [1.165, 1.54) is 11.3 Å². The van der Waals surface area contributed by atoms with Gasteiger partial charge in [-0.3, -0.25) is 9.36 Å². The summed E-state index contributed by atoms with van der Waals surface area (Å²) >= 11 is 7.34. The van der Waals surface area contributed by atoms with Crippen molar-refractivity contribution in [2.75, 3.05) is 0 Å². The number of nitrogens with zero attached hydrogens (tertiary/aromatic N) is 4. The monoisotopic (exact) mass is 409 g/mol. The summed E-state index contributed by atoms with van der Waals surface area (Å²) in [7, 11) is 0. The minimum absolute atomic E-state index is 0.214. The lowest BCUT2D eigenvalue weighted by atomic mass is 10.2. The Hall–Kier alpha value is -3.03. The molecule has 1 N–H and O–H groups in total. The summed E-state index contributed by atoms with van der Waals surface area (Å²) in [6, 6.07) is 11.2. The number of pyridine rings is 1. The van der Waals surface area contributed by atoms with Gasteiger partial charge in [0.2, 0.25) is 0 Å². The minimum Gasteiger partial charge on any atom is -0.347 e. The molecule has 4 rings (SSSR count). The predicted molar refractivity (Wildman–Crippen MR) is 110 cm³/mol. The topological polar surface area (TPSA) is 72.7 Å². The summed E-state index contributed by atoms with van der Waals surface area (Å²) in [6.45, 7) is 2.30. The van der Waals surface area contributed by atoms with E-state index < -0.39 is 0 Å². The summed E-state index contributed by atoms with van der Waals surface area (Å²) in [5.74, 6) is 1.40. The summed E-state index contributed by atoms with van der Waals surface area (Å²) in [6.07, 6.45) is 5.30. The van der Waals surface area contributed by atoms with Crippen LogP contribution < -0.4 is 5.32 Å². The van der Waals surface area contributed by atoms with Crippen molar-refractivity contribution in [3.63, 3.8) is 0 Å². The standard InChI is InChI=1S/C20H16ClN5OS/c1-13-22-8-9-26(13)18-10-14(6-7-23-18)11-24-19(27)17-12-28-20(25-17)15-2-4-16(21)5-3-15/h2-10,12H,11H2,1H3,(H,24,27). The molecule has 0 unspecified atom stereocenters. The molecule has 3 heterocycles. The van der Waals surface area contributed by atoms with Gasteiger partial charge in [0.05, 0.1) is 0 Å². The van der Waals surface area contributed by atoms with Crippen molar-refractivity contribution >= 4 is 28.8 Å². The lowest BCUT2D eigenvalue weighted by Gasteiger charge is -2.07. The second-order valence-electron chi connectivity index (χ2n) is 6.09. The highest BCUT2D eigenvalue weighted by Gasteiger charge is 2.12. The van der Waals surface area contributed by atoms with E-state index in [2.05, 4.69) is 20.3 Å². The van der Waals surface area contributed by atoms with Crippen molar-refractivity contribution in [1.82, 2.24) is 24.8 Å². The Bertz CT molecular complexity index is 1120. The Morgan fingerprint density at radius 3 is 2.75 bits per heavy atom. The highest BCUT2D eigenvalue weighted by atomic mass is 35.5. The first-order valence-corrected chi connectivity index (χ1v) is 9.81. The number of rotatable bonds is 5. The van der Waals surface area contributed by atoms with Crippen molar-refractivity contribution in [2.24, 2.45) is 0 Å². The van der Waals surface area contributed by atoms with Crippen LogP contribution in [0.15, 0.2) is 60.4 Å². The van der Waals surface area contributed by atoms with E-state index >= 15 is 0 Å². The molecule has 1 aromatic carbocycles. The molecule has 3 aromatic heterocycles. The van der Waals surface area contributed by atoms with Gasteiger partial charge in [-0.2, -0.15) is 0 Å². The summed E-state index contributed by atoms with van der Waals surface area (Å²) in [5.41, 5.74) is 2.28. The van der Waals surface area contributed by atoms with Crippen LogP contribution in [-0.4, -0.2) is 25.4 Å². The molecule has 0 radical (unpaired) electrons. The number of halogens is 1. The zero-order valence-electron chi connectivity index (χ0n) is 15.0. The number of hydrogen-bond donors (Lipinski definition) is 1. The fourth-order valence-corrected chi connectivity index (χ4v) is 3.63. The molecule has 0 aliphatic heterocycles. The molecule has 1 amide bonds. The van der Waals surface area contributed by atoms with Crippen molar-refractivity contribution in [3.05, 3.63) is 82.5 Å². The Labute approximate surface area is 170 Å². The molecule has 0 atom stereocenters. The molecular formula is C20H16ClN5OS. The third-order valence-electron chi connectivity index (χ3n) is 4.16. The molecule has 4 aromatic rings. The number of amides is 1. The van der Waals surface area contributed by atoms with Crippen LogP contribution in [0.1, 0.15) is 21.9 Å². The predicted octanol–water partition coefficient (Wildman–Crippen LogP) is 4.28. The number of imidazole rings is 1. The van der Waals surface area contributed by atoms with Crippen molar-refractivity contribution in [1.29, 1.82) is 0 Å². The molecule has 0 fully saturated rings. The number of aromatic nitrogens is 4. The van der Waals surface area contributed by atoms with Crippen LogP contribution in [0, 0.1) is 6.92 Å². The molecule has 0 spiro atoms. The first kappa shape index (κ1) is 18.3. The number of aryl methyl sites for hydroxylation is 1. The molecule has 0 saturated heterocycles. The fourth-order valence-electron chi connectivity index (χ4n) is 2.70.